The number of thiophene rings is 1. The van der Waals surface area contributed by atoms with E-state index in [4.69, 9.17) is 5.73 Å². The molecule has 3 aromatic rings. The van der Waals surface area contributed by atoms with Crippen molar-refractivity contribution in [1.29, 1.82) is 0 Å². The molecule has 0 atom stereocenters. The molecule has 2 N–H and O–H groups in total. The number of aliphatic imine (C=N–C) groups is 1. The molecule has 0 aliphatic rings. The van der Waals surface area contributed by atoms with Gasteiger partial charge in [0, 0.05) is 16.3 Å². The van der Waals surface area contributed by atoms with Crippen LogP contribution in [0.5, 0.6) is 0 Å². The van der Waals surface area contributed by atoms with Crippen molar-refractivity contribution in [3.63, 3.8) is 0 Å². The Balaban J connectivity index is 1.94. The van der Waals surface area contributed by atoms with Gasteiger partial charge in [-0.3, -0.25) is 4.79 Å². The summed E-state index contributed by atoms with van der Waals surface area (Å²) >= 11 is 1.50. The van der Waals surface area contributed by atoms with E-state index < -0.39 is 5.91 Å². The summed E-state index contributed by atoms with van der Waals surface area (Å²) in [5.41, 5.74) is 7.61. The van der Waals surface area contributed by atoms with Gasteiger partial charge in [-0.1, -0.05) is 24.3 Å². The quantitative estimate of drug-likeness (QED) is 0.580. The van der Waals surface area contributed by atoms with Gasteiger partial charge in [0.2, 0.25) is 0 Å². The normalized spacial score (nSPS) is 11.7. The van der Waals surface area contributed by atoms with Crippen molar-refractivity contribution in [3.8, 4) is 0 Å². The van der Waals surface area contributed by atoms with Crippen molar-refractivity contribution in [2.24, 2.45) is 10.7 Å². The summed E-state index contributed by atoms with van der Waals surface area (Å²) in [6.45, 7) is 0. The summed E-state index contributed by atoms with van der Waals surface area (Å²) in [4.78, 5) is 20.3. The second-order valence-corrected chi connectivity index (χ2v) is 4.98. The zero-order valence-electron chi connectivity index (χ0n) is 10.5. The summed E-state index contributed by atoms with van der Waals surface area (Å²) in [5, 5.41) is 4.72. The number of carbonyl (C=O) groups is 1. The molecule has 2 heterocycles. The van der Waals surface area contributed by atoms with Crippen LogP contribution in [-0.4, -0.2) is 16.7 Å². The molecule has 20 heavy (non-hydrogen) atoms. The molecule has 1 aromatic carbocycles. The second kappa shape index (κ2) is 5.22. The van der Waals surface area contributed by atoms with Crippen molar-refractivity contribution in [1.82, 2.24) is 4.98 Å². The number of para-hydroxylation sites is 1. The second-order valence-electron chi connectivity index (χ2n) is 4.20. The van der Waals surface area contributed by atoms with Crippen LogP contribution in [0.1, 0.15) is 16.1 Å². The van der Waals surface area contributed by atoms with Crippen molar-refractivity contribution >= 4 is 34.0 Å². The van der Waals surface area contributed by atoms with Crippen LogP contribution in [0.25, 0.3) is 10.9 Å². The van der Waals surface area contributed by atoms with Gasteiger partial charge in [-0.2, -0.15) is 16.3 Å². The molecule has 5 heteroatoms. The maximum atomic E-state index is 12.1. The predicted molar refractivity (Wildman–Crippen MR) is 81.1 cm³/mol. The van der Waals surface area contributed by atoms with Crippen LogP contribution in [0.3, 0.4) is 0 Å². The number of hydrogen-bond acceptors (Lipinski definition) is 3. The zero-order valence-corrected chi connectivity index (χ0v) is 11.3. The number of hydrogen-bond donors (Lipinski definition) is 1. The van der Waals surface area contributed by atoms with Crippen LogP contribution in [0.4, 0.5) is 0 Å². The molecule has 1 amide bonds. The van der Waals surface area contributed by atoms with Gasteiger partial charge >= 0.3 is 0 Å². The number of aromatic nitrogens is 1. The Bertz CT molecular complexity index is 794. The Morgan fingerprint density at radius 2 is 2.00 bits per heavy atom. The van der Waals surface area contributed by atoms with E-state index >= 15 is 0 Å². The molecule has 4 nitrogen and oxygen atoms in total. The van der Waals surface area contributed by atoms with Crippen LogP contribution in [0.2, 0.25) is 0 Å². The van der Waals surface area contributed by atoms with Crippen LogP contribution in [-0.2, 0) is 0 Å². The molecule has 0 saturated carbocycles. The maximum absolute atomic E-state index is 12.1. The van der Waals surface area contributed by atoms with E-state index in [0.29, 0.717) is 5.69 Å². The third-order valence-electron chi connectivity index (χ3n) is 2.86. The van der Waals surface area contributed by atoms with E-state index in [1.54, 1.807) is 6.07 Å². The summed E-state index contributed by atoms with van der Waals surface area (Å²) in [6.07, 6.45) is 0. The number of amidine groups is 1. The van der Waals surface area contributed by atoms with Crippen molar-refractivity contribution in [3.05, 3.63) is 64.5 Å². The number of fused-ring (bicyclic) bond motifs is 1. The average Bonchev–Trinajstić information content (AvgIpc) is 3.01. The minimum Gasteiger partial charge on any atom is -0.383 e. The molecule has 0 aliphatic carbocycles. The molecule has 2 aromatic heterocycles. The molecule has 0 aliphatic heterocycles. The van der Waals surface area contributed by atoms with Crippen LogP contribution < -0.4 is 5.73 Å². The third kappa shape index (κ3) is 2.44. The average molecular weight is 281 g/mol. The Morgan fingerprint density at radius 1 is 1.15 bits per heavy atom. The number of nitrogens with zero attached hydrogens (tertiary/aromatic N) is 2. The van der Waals surface area contributed by atoms with Gasteiger partial charge < -0.3 is 5.73 Å². The van der Waals surface area contributed by atoms with E-state index in [0.717, 1.165) is 16.5 Å². The first-order valence-electron chi connectivity index (χ1n) is 6.01. The summed E-state index contributed by atoms with van der Waals surface area (Å²) in [7, 11) is 0. The van der Waals surface area contributed by atoms with E-state index in [9.17, 15) is 4.79 Å². The highest BCUT2D eigenvalue weighted by Gasteiger charge is 2.09. The number of carbonyl (C=O) groups excluding carboxylic acids is 1. The SMILES string of the molecule is NC(=NC(=O)c1ccc2ccccc2n1)c1ccsc1. The van der Waals surface area contributed by atoms with Gasteiger partial charge in [-0.25, -0.2) is 4.98 Å². The molecule has 98 valence electrons. The van der Waals surface area contributed by atoms with E-state index in [2.05, 4.69) is 9.98 Å². The molecular weight excluding hydrogens is 270 g/mol. The Hall–Kier alpha value is -2.53. The van der Waals surface area contributed by atoms with Crippen molar-refractivity contribution in [2.45, 2.75) is 0 Å². The lowest BCUT2D eigenvalue weighted by Gasteiger charge is -2.00. The van der Waals surface area contributed by atoms with E-state index in [1.165, 1.54) is 11.3 Å². The fourth-order valence-corrected chi connectivity index (χ4v) is 2.48. The minimum atomic E-state index is -0.431. The highest BCUT2D eigenvalue weighted by Crippen LogP contribution is 2.13. The zero-order chi connectivity index (χ0) is 13.9. The monoisotopic (exact) mass is 281 g/mol. The lowest BCUT2D eigenvalue weighted by atomic mass is 10.2. The summed E-state index contributed by atoms with van der Waals surface area (Å²) in [6, 6.07) is 13.0. The highest BCUT2D eigenvalue weighted by atomic mass is 32.1. The number of nitrogens with two attached hydrogens (primary N) is 1. The first-order valence-corrected chi connectivity index (χ1v) is 6.95. The lowest BCUT2D eigenvalue weighted by molar-refractivity contribution is 0.0998. The molecule has 0 saturated heterocycles. The molecule has 0 radical (unpaired) electrons. The molecular formula is C15H11N3OS. The van der Waals surface area contributed by atoms with Gasteiger partial charge in [0.05, 0.1) is 5.52 Å². The summed E-state index contributed by atoms with van der Waals surface area (Å²) < 4.78 is 0. The smallest absolute Gasteiger partial charge is 0.297 e. The highest BCUT2D eigenvalue weighted by molar-refractivity contribution is 7.08. The Labute approximate surface area is 119 Å². The number of amides is 1. The first-order chi connectivity index (χ1) is 9.74. The number of pyridine rings is 1. The third-order valence-corrected chi connectivity index (χ3v) is 3.54. The Morgan fingerprint density at radius 3 is 2.80 bits per heavy atom. The van der Waals surface area contributed by atoms with Crippen molar-refractivity contribution in [2.75, 3.05) is 0 Å². The molecule has 0 unspecified atom stereocenters. The van der Waals surface area contributed by atoms with Gasteiger partial charge in [0.15, 0.2) is 0 Å². The molecule has 0 spiro atoms. The number of benzene rings is 1. The molecule has 0 bridgehead atoms. The van der Waals surface area contributed by atoms with Crippen LogP contribution >= 0.6 is 11.3 Å². The number of rotatable bonds is 2. The van der Waals surface area contributed by atoms with Crippen molar-refractivity contribution < 1.29 is 4.79 Å². The summed E-state index contributed by atoms with van der Waals surface area (Å²) in [5.74, 6) is -0.217. The van der Waals surface area contributed by atoms with Gasteiger partial charge in [0.1, 0.15) is 11.5 Å². The fourth-order valence-electron chi connectivity index (χ4n) is 1.83. The van der Waals surface area contributed by atoms with Crippen LogP contribution in [0, 0.1) is 0 Å². The largest absolute Gasteiger partial charge is 0.383 e. The predicted octanol–water partition coefficient (Wildman–Crippen LogP) is 2.84. The van der Waals surface area contributed by atoms with Gasteiger partial charge in [-0.05, 0) is 23.6 Å². The van der Waals surface area contributed by atoms with E-state index in [-0.39, 0.29) is 5.84 Å². The maximum Gasteiger partial charge on any atom is 0.297 e. The Kier molecular flexibility index (Phi) is 3.26. The minimum absolute atomic E-state index is 0.214. The molecule has 3 rings (SSSR count). The molecule has 0 fully saturated rings. The van der Waals surface area contributed by atoms with Crippen LogP contribution in [0.15, 0.2) is 58.2 Å². The topological polar surface area (TPSA) is 68.3 Å². The van der Waals surface area contributed by atoms with Gasteiger partial charge in [-0.15, -0.1) is 0 Å². The van der Waals surface area contributed by atoms with E-state index in [1.807, 2.05) is 47.2 Å². The standard InChI is InChI=1S/C15H11N3OS/c16-14(11-7-8-20-9-11)18-15(19)13-6-5-10-3-1-2-4-12(10)17-13/h1-9H,(H2,16,18,19). The van der Waals surface area contributed by atoms with Gasteiger partial charge in [0.25, 0.3) is 5.91 Å². The first kappa shape index (κ1) is 12.5. The fraction of sp³-hybridized carbons (Fsp3) is 0. The lowest BCUT2D eigenvalue weighted by Crippen LogP contribution is -2.15.